The van der Waals surface area contributed by atoms with E-state index in [1.54, 1.807) is 6.20 Å². The lowest BCUT2D eigenvalue weighted by Crippen LogP contribution is -2.26. The summed E-state index contributed by atoms with van der Waals surface area (Å²) >= 11 is 0. The fourth-order valence-corrected chi connectivity index (χ4v) is 1.66. The molecule has 88 valence electrons. The van der Waals surface area contributed by atoms with Gasteiger partial charge in [0, 0.05) is 31.5 Å². The van der Waals surface area contributed by atoms with Gasteiger partial charge in [0.1, 0.15) is 5.82 Å². The molecule has 0 aliphatic rings. The molecule has 0 saturated carbocycles. The number of aldehydes is 1. The van der Waals surface area contributed by atoms with Crippen molar-refractivity contribution in [1.82, 2.24) is 4.98 Å². The van der Waals surface area contributed by atoms with E-state index in [0.29, 0.717) is 5.56 Å². The lowest BCUT2D eigenvalue weighted by atomic mass is 10.2. The molecule has 1 N–H and O–H groups in total. The Morgan fingerprint density at radius 1 is 1.56 bits per heavy atom. The lowest BCUT2D eigenvalue weighted by Gasteiger charge is -2.23. The van der Waals surface area contributed by atoms with Crippen LogP contribution >= 0.6 is 0 Å². The SMILES string of the molecule is CCN(CCCO)c1ncc(C=O)cc1C. The number of anilines is 1. The molecule has 0 amide bonds. The fourth-order valence-electron chi connectivity index (χ4n) is 1.66. The molecule has 0 aromatic carbocycles. The number of aromatic nitrogens is 1. The first kappa shape index (κ1) is 12.6. The number of aryl methyl sites for hydroxylation is 1. The van der Waals surface area contributed by atoms with E-state index in [4.69, 9.17) is 5.11 Å². The van der Waals surface area contributed by atoms with Gasteiger partial charge in [-0.2, -0.15) is 0 Å². The minimum absolute atomic E-state index is 0.183. The second kappa shape index (κ2) is 6.23. The van der Waals surface area contributed by atoms with Gasteiger partial charge in [0.05, 0.1) is 0 Å². The lowest BCUT2D eigenvalue weighted by molar-refractivity contribution is 0.112. The molecule has 1 heterocycles. The van der Waals surface area contributed by atoms with Gasteiger partial charge in [-0.15, -0.1) is 0 Å². The zero-order chi connectivity index (χ0) is 12.0. The normalized spacial score (nSPS) is 10.2. The average Bonchev–Trinajstić information content (AvgIpc) is 2.31. The quantitative estimate of drug-likeness (QED) is 0.739. The largest absolute Gasteiger partial charge is 0.396 e. The van der Waals surface area contributed by atoms with E-state index < -0.39 is 0 Å². The number of hydrogen-bond donors (Lipinski definition) is 1. The zero-order valence-corrected chi connectivity index (χ0v) is 9.81. The number of aliphatic hydroxyl groups excluding tert-OH is 1. The minimum Gasteiger partial charge on any atom is -0.396 e. The monoisotopic (exact) mass is 222 g/mol. The van der Waals surface area contributed by atoms with Crippen molar-refractivity contribution in [3.8, 4) is 0 Å². The maximum Gasteiger partial charge on any atom is 0.151 e. The maximum atomic E-state index is 10.6. The van der Waals surface area contributed by atoms with Crippen molar-refractivity contribution in [3.05, 3.63) is 23.4 Å². The molecule has 0 unspecified atom stereocenters. The molecule has 1 rings (SSSR count). The van der Waals surface area contributed by atoms with Crippen molar-refractivity contribution in [2.24, 2.45) is 0 Å². The number of carbonyl (C=O) groups excluding carboxylic acids is 1. The van der Waals surface area contributed by atoms with Gasteiger partial charge in [-0.3, -0.25) is 4.79 Å². The Hall–Kier alpha value is -1.42. The predicted octanol–water partition coefficient (Wildman–Crippen LogP) is 1.41. The maximum absolute atomic E-state index is 10.6. The Morgan fingerprint density at radius 3 is 2.81 bits per heavy atom. The summed E-state index contributed by atoms with van der Waals surface area (Å²) in [6, 6.07) is 1.83. The van der Waals surface area contributed by atoms with Crippen LogP contribution in [0.2, 0.25) is 0 Å². The number of carbonyl (C=O) groups is 1. The van der Waals surface area contributed by atoms with Gasteiger partial charge in [0.25, 0.3) is 0 Å². The van der Waals surface area contributed by atoms with E-state index in [1.807, 2.05) is 19.9 Å². The number of rotatable bonds is 6. The van der Waals surface area contributed by atoms with E-state index >= 15 is 0 Å². The van der Waals surface area contributed by atoms with Crippen molar-refractivity contribution in [2.45, 2.75) is 20.3 Å². The number of nitrogens with zero attached hydrogens (tertiary/aromatic N) is 2. The van der Waals surface area contributed by atoms with E-state index in [1.165, 1.54) is 0 Å². The van der Waals surface area contributed by atoms with Crippen molar-refractivity contribution in [2.75, 3.05) is 24.6 Å². The summed E-state index contributed by atoms with van der Waals surface area (Å²) in [5, 5.41) is 8.82. The third-order valence-corrected chi connectivity index (χ3v) is 2.48. The Kier molecular flexibility index (Phi) is 4.92. The van der Waals surface area contributed by atoms with Crippen LogP contribution in [0.15, 0.2) is 12.3 Å². The third-order valence-electron chi connectivity index (χ3n) is 2.48. The summed E-state index contributed by atoms with van der Waals surface area (Å²) in [6.45, 7) is 5.79. The zero-order valence-electron chi connectivity index (χ0n) is 9.81. The van der Waals surface area contributed by atoms with Crippen LogP contribution < -0.4 is 4.90 Å². The highest BCUT2D eigenvalue weighted by atomic mass is 16.3. The van der Waals surface area contributed by atoms with Crippen LogP contribution in [-0.4, -0.2) is 36.1 Å². The Morgan fingerprint density at radius 2 is 2.31 bits per heavy atom. The van der Waals surface area contributed by atoms with Gasteiger partial charge < -0.3 is 10.0 Å². The first-order valence-electron chi connectivity index (χ1n) is 5.50. The number of pyridine rings is 1. The topological polar surface area (TPSA) is 53.4 Å². The summed E-state index contributed by atoms with van der Waals surface area (Å²) in [4.78, 5) is 17.0. The summed E-state index contributed by atoms with van der Waals surface area (Å²) in [5.41, 5.74) is 1.59. The summed E-state index contributed by atoms with van der Waals surface area (Å²) in [6.07, 6.45) is 3.11. The molecule has 0 aliphatic carbocycles. The minimum atomic E-state index is 0.183. The molecule has 0 aliphatic heterocycles. The van der Waals surface area contributed by atoms with E-state index in [0.717, 1.165) is 37.2 Å². The molecular weight excluding hydrogens is 204 g/mol. The highest BCUT2D eigenvalue weighted by molar-refractivity contribution is 5.75. The molecule has 0 spiro atoms. The van der Waals surface area contributed by atoms with Crippen LogP contribution in [0.25, 0.3) is 0 Å². The summed E-state index contributed by atoms with van der Waals surface area (Å²) in [5.74, 6) is 0.890. The molecular formula is C12H18N2O2. The highest BCUT2D eigenvalue weighted by Crippen LogP contribution is 2.17. The Labute approximate surface area is 95.9 Å². The summed E-state index contributed by atoms with van der Waals surface area (Å²) in [7, 11) is 0. The van der Waals surface area contributed by atoms with E-state index in [2.05, 4.69) is 9.88 Å². The van der Waals surface area contributed by atoms with Crippen molar-refractivity contribution >= 4 is 12.1 Å². The van der Waals surface area contributed by atoms with Crippen LogP contribution in [0.3, 0.4) is 0 Å². The standard InChI is InChI=1S/C12H18N2O2/c1-3-14(5-4-6-15)12-10(2)7-11(9-16)8-13-12/h7-9,15H,3-6H2,1-2H3. The highest BCUT2D eigenvalue weighted by Gasteiger charge is 2.08. The van der Waals surface area contributed by atoms with E-state index in [9.17, 15) is 4.79 Å². The van der Waals surface area contributed by atoms with Crippen LogP contribution in [0.4, 0.5) is 5.82 Å². The second-order valence-corrected chi connectivity index (χ2v) is 3.68. The van der Waals surface area contributed by atoms with Crippen molar-refractivity contribution in [1.29, 1.82) is 0 Å². The molecule has 16 heavy (non-hydrogen) atoms. The van der Waals surface area contributed by atoms with Gasteiger partial charge in [-0.1, -0.05) is 0 Å². The molecule has 0 saturated heterocycles. The molecule has 1 aromatic rings. The Bertz CT molecular complexity index is 353. The molecule has 1 aromatic heterocycles. The Balaban J connectivity index is 2.87. The van der Waals surface area contributed by atoms with Gasteiger partial charge in [0.15, 0.2) is 6.29 Å². The van der Waals surface area contributed by atoms with Gasteiger partial charge in [0.2, 0.25) is 0 Å². The molecule has 0 atom stereocenters. The van der Waals surface area contributed by atoms with Crippen LogP contribution in [0.5, 0.6) is 0 Å². The van der Waals surface area contributed by atoms with Gasteiger partial charge in [-0.05, 0) is 31.9 Å². The second-order valence-electron chi connectivity index (χ2n) is 3.68. The third kappa shape index (κ3) is 3.03. The first-order chi connectivity index (χ1) is 7.72. The smallest absolute Gasteiger partial charge is 0.151 e. The average molecular weight is 222 g/mol. The van der Waals surface area contributed by atoms with Crippen LogP contribution in [0, 0.1) is 6.92 Å². The number of aliphatic hydroxyl groups is 1. The fraction of sp³-hybridized carbons (Fsp3) is 0.500. The summed E-state index contributed by atoms with van der Waals surface area (Å²) < 4.78 is 0. The molecule has 4 nitrogen and oxygen atoms in total. The molecule has 0 radical (unpaired) electrons. The molecule has 0 bridgehead atoms. The van der Waals surface area contributed by atoms with Crippen LogP contribution in [0.1, 0.15) is 29.3 Å². The van der Waals surface area contributed by atoms with Gasteiger partial charge >= 0.3 is 0 Å². The van der Waals surface area contributed by atoms with Crippen molar-refractivity contribution < 1.29 is 9.90 Å². The van der Waals surface area contributed by atoms with E-state index in [-0.39, 0.29) is 6.61 Å². The number of hydrogen-bond acceptors (Lipinski definition) is 4. The van der Waals surface area contributed by atoms with Crippen LogP contribution in [-0.2, 0) is 0 Å². The molecule has 0 fully saturated rings. The molecule has 4 heteroatoms. The predicted molar refractivity (Wildman–Crippen MR) is 64.0 cm³/mol. The first-order valence-corrected chi connectivity index (χ1v) is 5.50. The van der Waals surface area contributed by atoms with Crippen molar-refractivity contribution in [3.63, 3.8) is 0 Å². The van der Waals surface area contributed by atoms with Gasteiger partial charge in [-0.25, -0.2) is 4.98 Å².